The van der Waals surface area contributed by atoms with Gasteiger partial charge in [-0.15, -0.1) is 0 Å². The lowest BCUT2D eigenvalue weighted by Gasteiger charge is -2.29. The Bertz CT molecular complexity index is 566. The van der Waals surface area contributed by atoms with E-state index in [-0.39, 0.29) is 24.5 Å². The predicted octanol–water partition coefficient (Wildman–Crippen LogP) is 5.96. The number of methoxy groups -OCH3 is 1. The molecule has 5 heteroatoms. The van der Waals surface area contributed by atoms with E-state index in [9.17, 15) is 9.90 Å². The fourth-order valence-corrected chi connectivity index (χ4v) is 5.13. The Morgan fingerprint density at radius 1 is 1.22 bits per heavy atom. The van der Waals surface area contributed by atoms with Crippen LogP contribution in [-0.4, -0.2) is 43.3 Å². The van der Waals surface area contributed by atoms with Crippen molar-refractivity contribution < 1.29 is 24.1 Å². The molecule has 0 aromatic heterocycles. The van der Waals surface area contributed by atoms with Crippen molar-refractivity contribution in [2.24, 2.45) is 17.8 Å². The minimum Gasteiger partial charge on any atom is -0.466 e. The van der Waals surface area contributed by atoms with Gasteiger partial charge in [0.15, 0.2) is 6.29 Å². The van der Waals surface area contributed by atoms with Crippen molar-refractivity contribution in [3.63, 3.8) is 0 Å². The Kier molecular flexibility index (Phi) is 13.2. The first-order valence-corrected chi connectivity index (χ1v) is 12.9. The van der Waals surface area contributed by atoms with E-state index in [2.05, 4.69) is 24.7 Å². The first kappa shape index (κ1) is 27.1. The first-order chi connectivity index (χ1) is 15.5. The number of aliphatic hydroxyl groups is 1. The summed E-state index contributed by atoms with van der Waals surface area (Å²) in [5, 5.41) is 10.5. The molecule has 2 aliphatic rings. The number of carbonyl (C=O) groups is 1. The van der Waals surface area contributed by atoms with Gasteiger partial charge in [-0.3, -0.25) is 0 Å². The highest BCUT2D eigenvalue weighted by molar-refractivity contribution is 5.81. The summed E-state index contributed by atoms with van der Waals surface area (Å²) in [5.41, 5.74) is 0. The molecule has 1 heterocycles. The summed E-state index contributed by atoms with van der Waals surface area (Å²) in [6, 6.07) is 0. The molecule has 0 bridgehead atoms. The van der Waals surface area contributed by atoms with Crippen LogP contribution in [0.1, 0.15) is 90.9 Å². The molecule has 2 rings (SSSR count). The van der Waals surface area contributed by atoms with Crippen LogP contribution in [0.3, 0.4) is 0 Å². The number of unbranched alkanes of at least 4 members (excludes halogenated alkanes) is 2. The van der Waals surface area contributed by atoms with Crippen LogP contribution in [0.2, 0.25) is 0 Å². The Morgan fingerprint density at radius 2 is 2.06 bits per heavy atom. The summed E-state index contributed by atoms with van der Waals surface area (Å²) in [4.78, 5) is 11.2. The maximum absolute atomic E-state index is 11.2. The van der Waals surface area contributed by atoms with Crippen molar-refractivity contribution in [2.75, 3.05) is 13.7 Å². The van der Waals surface area contributed by atoms with Crippen LogP contribution in [-0.2, 0) is 19.0 Å². The molecule has 0 aromatic carbocycles. The fourth-order valence-electron chi connectivity index (χ4n) is 5.13. The highest BCUT2D eigenvalue weighted by atomic mass is 16.7. The van der Waals surface area contributed by atoms with Crippen molar-refractivity contribution in [3.8, 4) is 0 Å². The molecule has 1 N–H and O–H groups in total. The molecule has 0 radical (unpaired) electrons. The molecule has 32 heavy (non-hydrogen) atoms. The molecule has 6 atom stereocenters. The standard InChI is InChI=1S/C27H46O5/c1-4-11-21(2)20-23(28)16-17-24-22(12-7-5-6-8-13-26(29)30-3)15-18-25(24)32-27-14-9-10-19-31-27/h8,13,16-17,21-25,27-28H,4-7,9-12,14-15,18-20H2,1-3H3/b13-8+,17-16+/t21-,22-,23+,24+,25+,27?/m0/s1. The van der Waals surface area contributed by atoms with Gasteiger partial charge in [0.2, 0.25) is 0 Å². The summed E-state index contributed by atoms with van der Waals surface area (Å²) in [7, 11) is 1.40. The topological polar surface area (TPSA) is 65.0 Å². The minimum absolute atomic E-state index is 0.0682. The summed E-state index contributed by atoms with van der Waals surface area (Å²) in [6.45, 7) is 5.22. The molecule has 1 aliphatic carbocycles. The van der Waals surface area contributed by atoms with Crippen LogP contribution < -0.4 is 0 Å². The van der Waals surface area contributed by atoms with Crippen LogP contribution in [0.4, 0.5) is 0 Å². The third-order valence-corrected chi connectivity index (χ3v) is 6.89. The monoisotopic (exact) mass is 450 g/mol. The van der Waals surface area contributed by atoms with Crippen molar-refractivity contribution in [2.45, 2.75) is 109 Å². The summed E-state index contributed by atoms with van der Waals surface area (Å²) in [6.07, 6.45) is 20.3. The smallest absolute Gasteiger partial charge is 0.330 e. The third kappa shape index (κ3) is 10.2. The van der Waals surface area contributed by atoms with Crippen molar-refractivity contribution in [1.82, 2.24) is 0 Å². The van der Waals surface area contributed by atoms with Crippen LogP contribution in [0, 0.1) is 17.8 Å². The fraction of sp³-hybridized carbons (Fsp3) is 0.815. The van der Waals surface area contributed by atoms with E-state index in [1.807, 2.05) is 12.2 Å². The first-order valence-electron chi connectivity index (χ1n) is 12.9. The lowest BCUT2D eigenvalue weighted by Crippen LogP contribution is -2.30. The molecule has 1 aliphatic heterocycles. The highest BCUT2D eigenvalue weighted by Gasteiger charge is 2.36. The molecule has 0 spiro atoms. The number of rotatable bonds is 14. The van der Waals surface area contributed by atoms with E-state index in [0.29, 0.717) is 17.8 Å². The molecule has 0 aromatic rings. The van der Waals surface area contributed by atoms with Gasteiger partial charge in [-0.2, -0.15) is 0 Å². The van der Waals surface area contributed by atoms with Gasteiger partial charge in [-0.05, 0) is 69.6 Å². The number of aliphatic hydroxyl groups excluding tert-OH is 1. The van der Waals surface area contributed by atoms with Crippen molar-refractivity contribution in [1.29, 1.82) is 0 Å². The molecule has 1 saturated heterocycles. The second-order valence-corrected chi connectivity index (χ2v) is 9.68. The van der Waals surface area contributed by atoms with Gasteiger partial charge in [0, 0.05) is 18.6 Å². The lowest BCUT2D eigenvalue weighted by atomic mass is 9.88. The van der Waals surface area contributed by atoms with Gasteiger partial charge in [-0.1, -0.05) is 51.3 Å². The Balaban J connectivity index is 1.88. The lowest BCUT2D eigenvalue weighted by molar-refractivity contribution is -0.192. The molecule has 2 fully saturated rings. The van der Waals surface area contributed by atoms with Crippen LogP contribution in [0.15, 0.2) is 24.3 Å². The average Bonchev–Trinajstić information content (AvgIpc) is 3.16. The quantitative estimate of drug-likeness (QED) is 0.153. The SMILES string of the molecule is CCC[C@H](C)C[C@H](O)/C=C/[C@@H]1[C@@H](CCCC/C=C/C(=O)OC)CC[C@H]1OC1CCCCO1. The summed E-state index contributed by atoms with van der Waals surface area (Å²) < 4.78 is 16.9. The Hall–Kier alpha value is -1.17. The van der Waals surface area contributed by atoms with E-state index >= 15 is 0 Å². The molecule has 184 valence electrons. The van der Waals surface area contributed by atoms with E-state index in [0.717, 1.165) is 77.2 Å². The van der Waals surface area contributed by atoms with Crippen LogP contribution in [0.5, 0.6) is 0 Å². The maximum Gasteiger partial charge on any atom is 0.330 e. The maximum atomic E-state index is 11.2. The Morgan fingerprint density at radius 3 is 2.78 bits per heavy atom. The number of ether oxygens (including phenoxy) is 3. The zero-order chi connectivity index (χ0) is 23.2. The number of allylic oxidation sites excluding steroid dienone is 1. The number of hydrogen-bond acceptors (Lipinski definition) is 5. The summed E-state index contributed by atoms with van der Waals surface area (Å²) >= 11 is 0. The second-order valence-electron chi connectivity index (χ2n) is 9.68. The Labute approximate surface area is 195 Å². The van der Waals surface area contributed by atoms with Crippen molar-refractivity contribution >= 4 is 5.97 Å². The molecule has 1 unspecified atom stereocenters. The molecule has 5 nitrogen and oxygen atoms in total. The van der Waals surface area contributed by atoms with Gasteiger partial charge in [0.05, 0.1) is 19.3 Å². The molecule has 1 saturated carbocycles. The van der Waals surface area contributed by atoms with E-state index in [1.54, 1.807) is 0 Å². The van der Waals surface area contributed by atoms with Crippen molar-refractivity contribution in [3.05, 3.63) is 24.3 Å². The minimum atomic E-state index is -0.382. The zero-order valence-electron chi connectivity index (χ0n) is 20.5. The van der Waals surface area contributed by atoms with Crippen LogP contribution in [0.25, 0.3) is 0 Å². The van der Waals surface area contributed by atoms with Gasteiger partial charge < -0.3 is 19.3 Å². The average molecular weight is 451 g/mol. The normalized spacial score (nSPS) is 28.4. The van der Waals surface area contributed by atoms with Gasteiger partial charge in [0.1, 0.15) is 0 Å². The molecule has 0 amide bonds. The van der Waals surface area contributed by atoms with E-state index < -0.39 is 0 Å². The van der Waals surface area contributed by atoms with Crippen LogP contribution >= 0.6 is 0 Å². The molecular weight excluding hydrogens is 404 g/mol. The molecular formula is C27H46O5. The number of esters is 1. The largest absolute Gasteiger partial charge is 0.466 e. The predicted molar refractivity (Wildman–Crippen MR) is 128 cm³/mol. The third-order valence-electron chi connectivity index (χ3n) is 6.89. The summed E-state index contributed by atoms with van der Waals surface area (Å²) in [5.74, 6) is 1.16. The highest BCUT2D eigenvalue weighted by Crippen LogP contribution is 2.40. The number of hydrogen-bond donors (Lipinski definition) is 1. The number of carbonyl (C=O) groups excluding carboxylic acids is 1. The zero-order valence-corrected chi connectivity index (χ0v) is 20.5. The van der Waals surface area contributed by atoms with Gasteiger partial charge in [0.25, 0.3) is 0 Å². The second kappa shape index (κ2) is 15.6. The van der Waals surface area contributed by atoms with E-state index in [4.69, 9.17) is 9.47 Å². The van der Waals surface area contributed by atoms with Gasteiger partial charge >= 0.3 is 5.97 Å². The van der Waals surface area contributed by atoms with E-state index in [1.165, 1.54) is 19.6 Å². The van der Waals surface area contributed by atoms with Gasteiger partial charge in [-0.25, -0.2) is 4.79 Å².